The number of ether oxygens (including phenoxy) is 1. The van der Waals surface area contributed by atoms with Gasteiger partial charge in [0.05, 0.1) is 12.6 Å². The molecule has 1 aliphatic rings. The molecule has 1 rings (SSSR count). The highest BCUT2D eigenvalue weighted by atomic mass is 16.5. The molecule has 0 spiro atoms. The lowest BCUT2D eigenvalue weighted by atomic mass is 10.2. The van der Waals surface area contributed by atoms with E-state index in [-0.39, 0.29) is 31.6 Å². The number of carbonyl (C=O) groups excluding carboxylic acids is 2. The molecule has 0 aliphatic carbocycles. The van der Waals surface area contributed by atoms with Crippen LogP contribution < -0.4 is 0 Å². The highest BCUT2D eigenvalue weighted by molar-refractivity contribution is 5.98. The SMILES string of the molecule is CC(CO)N1C(=O)COCC1=O. The summed E-state index contributed by atoms with van der Waals surface area (Å²) in [5.74, 6) is -0.763. The molecule has 0 saturated carbocycles. The molecule has 1 atom stereocenters. The Morgan fingerprint density at radius 3 is 2.42 bits per heavy atom. The van der Waals surface area contributed by atoms with E-state index in [1.807, 2.05) is 0 Å². The fourth-order valence-electron chi connectivity index (χ4n) is 1.08. The third-order valence-corrected chi connectivity index (χ3v) is 1.69. The van der Waals surface area contributed by atoms with Gasteiger partial charge in [0, 0.05) is 0 Å². The minimum absolute atomic E-state index is 0.0733. The summed E-state index contributed by atoms with van der Waals surface area (Å²) in [6.45, 7) is 1.25. The average Bonchev–Trinajstić information content (AvgIpc) is 2.03. The zero-order chi connectivity index (χ0) is 9.14. The standard InChI is InChI=1S/C7H11NO4/c1-5(2-9)8-6(10)3-12-4-7(8)11/h5,9H,2-4H2,1H3. The van der Waals surface area contributed by atoms with Crippen LogP contribution >= 0.6 is 0 Å². The summed E-state index contributed by atoms with van der Waals surface area (Å²) in [4.78, 5) is 23.2. The highest BCUT2D eigenvalue weighted by Gasteiger charge is 2.30. The van der Waals surface area contributed by atoms with Crippen molar-refractivity contribution in [1.82, 2.24) is 4.90 Å². The summed E-state index contributed by atoms with van der Waals surface area (Å²) in [5, 5.41) is 8.74. The molecule has 68 valence electrons. The molecule has 1 fully saturated rings. The quantitative estimate of drug-likeness (QED) is 0.530. The summed E-state index contributed by atoms with van der Waals surface area (Å²) in [6, 6.07) is -0.450. The van der Waals surface area contributed by atoms with Crippen molar-refractivity contribution in [3.05, 3.63) is 0 Å². The van der Waals surface area contributed by atoms with Crippen LogP contribution in [0.15, 0.2) is 0 Å². The van der Waals surface area contributed by atoms with Gasteiger partial charge in [0.15, 0.2) is 0 Å². The Bertz CT molecular complexity index is 188. The molecule has 0 radical (unpaired) electrons. The topological polar surface area (TPSA) is 66.8 Å². The Morgan fingerprint density at radius 2 is 2.00 bits per heavy atom. The van der Waals surface area contributed by atoms with Gasteiger partial charge in [-0.2, -0.15) is 0 Å². The normalized spacial score (nSPS) is 21.3. The molecule has 0 aromatic rings. The first-order chi connectivity index (χ1) is 5.66. The van der Waals surface area contributed by atoms with Crippen molar-refractivity contribution in [2.24, 2.45) is 0 Å². The van der Waals surface area contributed by atoms with Gasteiger partial charge in [-0.05, 0) is 6.92 Å². The largest absolute Gasteiger partial charge is 0.394 e. The Labute approximate surface area is 69.9 Å². The predicted octanol–water partition coefficient (Wildman–Crippen LogP) is -1.25. The number of hydrogen-bond acceptors (Lipinski definition) is 4. The number of aliphatic hydroxyl groups is 1. The molecule has 0 bridgehead atoms. The van der Waals surface area contributed by atoms with Crippen LogP contribution in [-0.4, -0.2) is 47.7 Å². The number of hydrogen-bond donors (Lipinski definition) is 1. The van der Waals surface area contributed by atoms with Crippen molar-refractivity contribution in [3.8, 4) is 0 Å². The van der Waals surface area contributed by atoms with Gasteiger partial charge in [0.25, 0.3) is 11.8 Å². The van der Waals surface area contributed by atoms with E-state index in [0.29, 0.717) is 0 Å². The van der Waals surface area contributed by atoms with Crippen molar-refractivity contribution >= 4 is 11.8 Å². The molecular weight excluding hydrogens is 162 g/mol. The van der Waals surface area contributed by atoms with E-state index < -0.39 is 6.04 Å². The van der Waals surface area contributed by atoms with Gasteiger partial charge >= 0.3 is 0 Å². The second-order valence-electron chi connectivity index (χ2n) is 2.68. The predicted molar refractivity (Wildman–Crippen MR) is 39.2 cm³/mol. The minimum atomic E-state index is -0.450. The number of rotatable bonds is 2. The van der Waals surface area contributed by atoms with Gasteiger partial charge in [-0.3, -0.25) is 14.5 Å². The van der Waals surface area contributed by atoms with Crippen molar-refractivity contribution in [3.63, 3.8) is 0 Å². The average molecular weight is 173 g/mol. The van der Waals surface area contributed by atoms with E-state index in [4.69, 9.17) is 9.84 Å². The van der Waals surface area contributed by atoms with Crippen LogP contribution in [0.5, 0.6) is 0 Å². The monoisotopic (exact) mass is 173 g/mol. The number of amides is 2. The Balaban J connectivity index is 2.69. The number of nitrogens with zero attached hydrogens (tertiary/aromatic N) is 1. The van der Waals surface area contributed by atoms with E-state index in [0.717, 1.165) is 4.90 Å². The van der Waals surface area contributed by atoms with Gasteiger partial charge in [-0.25, -0.2) is 0 Å². The summed E-state index contributed by atoms with van der Waals surface area (Å²) < 4.78 is 4.70. The third kappa shape index (κ3) is 1.62. The molecule has 1 N–H and O–H groups in total. The number of imide groups is 1. The Morgan fingerprint density at radius 1 is 1.50 bits per heavy atom. The van der Waals surface area contributed by atoms with Crippen LogP contribution in [0.4, 0.5) is 0 Å². The van der Waals surface area contributed by atoms with Crippen molar-refractivity contribution < 1.29 is 19.4 Å². The van der Waals surface area contributed by atoms with Crippen LogP contribution in [0.2, 0.25) is 0 Å². The molecule has 1 aliphatic heterocycles. The maximum Gasteiger partial charge on any atom is 0.255 e. The van der Waals surface area contributed by atoms with Gasteiger partial charge in [-0.15, -0.1) is 0 Å². The van der Waals surface area contributed by atoms with Crippen LogP contribution in [0, 0.1) is 0 Å². The molecule has 12 heavy (non-hydrogen) atoms. The first-order valence-corrected chi connectivity index (χ1v) is 3.70. The molecule has 1 unspecified atom stereocenters. The lowest BCUT2D eigenvalue weighted by Gasteiger charge is -2.29. The number of carbonyl (C=O) groups is 2. The summed E-state index contributed by atoms with van der Waals surface area (Å²) in [7, 11) is 0. The van der Waals surface area contributed by atoms with Crippen LogP contribution in [0.25, 0.3) is 0 Å². The summed E-state index contributed by atoms with van der Waals surface area (Å²) in [6.07, 6.45) is 0. The fraction of sp³-hybridized carbons (Fsp3) is 0.714. The molecule has 0 aromatic heterocycles. The van der Waals surface area contributed by atoms with Crippen LogP contribution in [0.1, 0.15) is 6.92 Å². The zero-order valence-electron chi connectivity index (χ0n) is 6.82. The fourth-order valence-corrected chi connectivity index (χ4v) is 1.08. The molecule has 5 heteroatoms. The zero-order valence-corrected chi connectivity index (χ0v) is 6.82. The smallest absolute Gasteiger partial charge is 0.255 e. The van der Waals surface area contributed by atoms with Crippen molar-refractivity contribution in [2.45, 2.75) is 13.0 Å². The lowest BCUT2D eigenvalue weighted by Crippen LogP contribution is -2.51. The maximum atomic E-state index is 11.1. The number of aliphatic hydroxyl groups excluding tert-OH is 1. The minimum Gasteiger partial charge on any atom is -0.394 e. The van der Waals surface area contributed by atoms with Gasteiger partial charge in [0.2, 0.25) is 0 Å². The molecule has 2 amide bonds. The van der Waals surface area contributed by atoms with Gasteiger partial charge in [-0.1, -0.05) is 0 Å². The first-order valence-electron chi connectivity index (χ1n) is 3.70. The Kier molecular flexibility index (Phi) is 2.78. The molecular formula is C7H11NO4. The van der Waals surface area contributed by atoms with Crippen molar-refractivity contribution in [1.29, 1.82) is 0 Å². The number of morpholine rings is 1. The molecule has 1 heterocycles. The van der Waals surface area contributed by atoms with Gasteiger partial charge in [0.1, 0.15) is 13.2 Å². The molecule has 1 saturated heterocycles. The maximum absolute atomic E-state index is 11.1. The third-order valence-electron chi connectivity index (χ3n) is 1.69. The van der Waals surface area contributed by atoms with Gasteiger partial charge < -0.3 is 9.84 Å². The van der Waals surface area contributed by atoms with E-state index in [9.17, 15) is 9.59 Å². The molecule has 0 aromatic carbocycles. The van der Waals surface area contributed by atoms with Crippen molar-refractivity contribution in [2.75, 3.05) is 19.8 Å². The summed E-state index contributed by atoms with van der Waals surface area (Å²) >= 11 is 0. The first kappa shape index (κ1) is 9.15. The highest BCUT2D eigenvalue weighted by Crippen LogP contribution is 2.05. The Hall–Kier alpha value is -0.940. The lowest BCUT2D eigenvalue weighted by molar-refractivity contribution is -0.162. The van der Waals surface area contributed by atoms with E-state index in [1.54, 1.807) is 6.92 Å². The van der Waals surface area contributed by atoms with E-state index in [2.05, 4.69) is 0 Å². The van der Waals surface area contributed by atoms with Crippen LogP contribution in [-0.2, 0) is 14.3 Å². The molecule has 5 nitrogen and oxygen atoms in total. The van der Waals surface area contributed by atoms with Crippen LogP contribution in [0.3, 0.4) is 0 Å². The second kappa shape index (κ2) is 3.64. The second-order valence-corrected chi connectivity index (χ2v) is 2.68. The van der Waals surface area contributed by atoms with E-state index >= 15 is 0 Å². The van der Waals surface area contributed by atoms with E-state index in [1.165, 1.54) is 0 Å². The summed E-state index contributed by atoms with van der Waals surface area (Å²) in [5.41, 5.74) is 0.